The molecular weight excluding hydrogens is 172 g/mol. The van der Waals surface area contributed by atoms with E-state index in [1.54, 1.807) is 6.20 Å². The average molecular weight is 192 g/mol. The van der Waals surface area contributed by atoms with E-state index in [0.717, 1.165) is 24.0 Å². The average Bonchev–Trinajstić information content (AvgIpc) is 2.18. The molecule has 2 heteroatoms. The van der Waals surface area contributed by atoms with Gasteiger partial charge in [0.2, 0.25) is 0 Å². The van der Waals surface area contributed by atoms with Crippen molar-refractivity contribution < 1.29 is 0 Å². The van der Waals surface area contributed by atoms with E-state index in [0.29, 0.717) is 0 Å². The Morgan fingerprint density at radius 3 is 2.64 bits per heavy atom. The van der Waals surface area contributed by atoms with E-state index in [4.69, 9.17) is 0 Å². The molecule has 0 saturated carbocycles. The van der Waals surface area contributed by atoms with E-state index in [9.17, 15) is 0 Å². The van der Waals surface area contributed by atoms with Crippen LogP contribution in [-0.4, -0.2) is 10.2 Å². The fourth-order valence-electron chi connectivity index (χ4n) is 1.75. The van der Waals surface area contributed by atoms with Gasteiger partial charge in [-0.2, -0.15) is 10.2 Å². The summed E-state index contributed by atoms with van der Waals surface area (Å²) in [6.07, 6.45) is 5.34. The van der Waals surface area contributed by atoms with E-state index in [-0.39, 0.29) is 0 Å². The zero-order valence-electron chi connectivity index (χ0n) is 9.40. The summed E-state index contributed by atoms with van der Waals surface area (Å²) in [4.78, 5) is 0. The molecule has 1 atom stereocenters. The van der Waals surface area contributed by atoms with Crippen LogP contribution in [0.25, 0.3) is 0 Å². The molecular formula is C12H20N2. The molecule has 0 aliphatic rings. The SMILES string of the molecule is CCCC(Cc1cccnn1)C(C)C. The third-order valence-corrected chi connectivity index (χ3v) is 2.70. The lowest BCUT2D eigenvalue weighted by atomic mass is 9.87. The second kappa shape index (κ2) is 5.74. The minimum atomic E-state index is 0.733. The van der Waals surface area contributed by atoms with Crippen LogP contribution in [0.1, 0.15) is 39.3 Å². The monoisotopic (exact) mass is 192 g/mol. The van der Waals surface area contributed by atoms with Gasteiger partial charge in [-0.05, 0) is 30.4 Å². The van der Waals surface area contributed by atoms with Crippen LogP contribution >= 0.6 is 0 Å². The fraction of sp³-hybridized carbons (Fsp3) is 0.667. The van der Waals surface area contributed by atoms with Crippen LogP contribution in [0.5, 0.6) is 0 Å². The zero-order valence-corrected chi connectivity index (χ0v) is 9.40. The van der Waals surface area contributed by atoms with Gasteiger partial charge in [-0.1, -0.05) is 33.6 Å². The highest BCUT2D eigenvalue weighted by Gasteiger charge is 2.13. The molecule has 1 aromatic rings. The first-order valence-corrected chi connectivity index (χ1v) is 5.50. The minimum Gasteiger partial charge on any atom is -0.159 e. The summed E-state index contributed by atoms with van der Waals surface area (Å²) < 4.78 is 0. The standard InChI is InChI=1S/C12H20N2/c1-4-6-11(10(2)3)9-12-7-5-8-13-14-12/h5,7-8,10-11H,4,6,9H2,1-3H3. The lowest BCUT2D eigenvalue weighted by molar-refractivity contribution is 0.350. The van der Waals surface area contributed by atoms with Crippen LogP contribution in [0, 0.1) is 11.8 Å². The molecule has 0 fully saturated rings. The lowest BCUT2D eigenvalue weighted by Gasteiger charge is -2.19. The topological polar surface area (TPSA) is 25.8 Å². The highest BCUT2D eigenvalue weighted by Crippen LogP contribution is 2.20. The second-order valence-corrected chi connectivity index (χ2v) is 4.21. The lowest BCUT2D eigenvalue weighted by Crippen LogP contribution is -2.12. The molecule has 78 valence electrons. The fourth-order valence-corrected chi connectivity index (χ4v) is 1.75. The van der Waals surface area contributed by atoms with Gasteiger partial charge in [0.1, 0.15) is 0 Å². The Hall–Kier alpha value is -0.920. The van der Waals surface area contributed by atoms with Gasteiger partial charge in [0.25, 0.3) is 0 Å². The molecule has 0 saturated heterocycles. The van der Waals surface area contributed by atoms with Crippen molar-refractivity contribution in [1.82, 2.24) is 10.2 Å². The first kappa shape index (κ1) is 11.2. The molecule has 0 aliphatic heterocycles. The number of aromatic nitrogens is 2. The maximum atomic E-state index is 4.13. The Kier molecular flexibility index (Phi) is 4.57. The molecule has 0 N–H and O–H groups in total. The maximum Gasteiger partial charge on any atom is 0.0633 e. The van der Waals surface area contributed by atoms with Gasteiger partial charge < -0.3 is 0 Å². The summed E-state index contributed by atoms with van der Waals surface area (Å²) >= 11 is 0. The van der Waals surface area contributed by atoms with Crippen molar-refractivity contribution in [1.29, 1.82) is 0 Å². The van der Waals surface area contributed by atoms with Crippen LogP contribution in [0.2, 0.25) is 0 Å². The number of hydrogen-bond acceptors (Lipinski definition) is 2. The van der Waals surface area contributed by atoms with Gasteiger partial charge in [-0.15, -0.1) is 0 Å². The molecule has 1 aromatic heterocycles. The van der Waals surface area contributed by atoms with Crippen LogP contribution in [0.3, 0.4) is 0 Å². The van der Waals surface area contributed by atoms with Gasteiger partial charge in [0.15, 0.2) is 0 Å². The molecule has 1 rings (SSSR count). The van der Waals surface area contributed by atoms with Gasteiger partial charge in [-0.25, -0.2) is 0 Å². The molecule has 1 unspecified atom stereocenters. The molecule has 0 radical (unpaired) electrons. The van der Waals surface area contributed by atoms with Crippen LogP contribution in [0.4, 0.5) is 0 Å². The summed E-state index contributed by atoms with van der Waals surface area (Å²) in [5, 5.41) is 8.04. The Labute approximate surface area is 86.8 Å². The molecule has 0 bridgehead atoms. The molecule has 0 aromatic carbocycles. The van der Waals surface area contributed by atoms with Crippen molar-refractivity contribution in [2.24, 2.45) is 11.8 Å². The first-order chi connectivity index (χ1) is 6.74. The zero-order chi connectivity index (χ0) is 10.4. The Morgan fingerprint density at radius 1 is 1.36 bits per heavy atom. The van der Waals surface area contributed by atoms with Gasteiger partial charge in [0, 0.05) is 6.20 Å². The quantitative estimate of drug-likeness (QED) is 0.716. The third kappa shape index (κ3) is 3.44. The Balaban J connectivity index is 2.55. The van der Waals surface area contributed by atoms with E-state index >= 15 is 0 Å². The van der Waals surface area contributed by atoms with Crippen molar-refractivity contribution in [2.45, 2.75) is 40.0 Å². The van der Waals surface area contributed by atoms with Gasteiger partial charge in [0.05, 0.1) is 5.69 Å². The third-order valence-electron chi connectivity index (χ3n) is 2.70. The number of nitrogens with zero attached hydrogens (tertiary/aromatic N) is 2. The van der Waals surface area contributed by atoms with Crippen molar-refractivity contribution in [3.63, 3.8) is 0 Å². The van der Waals surface area contributed by atoms with Gasteiger partial charge in [-0.3, -0.25) is 0 Å². The number of hydrogen-bond donors (Lipinski definition) is 0. The molecule has 0 aliphatic carbocycles. The van der Waals surface area contributed by atoms with E-state index in [1.807, 2.05) is 6.07 Å². The van der Waals surface area contributed by atoms with E-state index in [1.165, 1.54) is 12.8 Å². The van der Waals surface area contributed by atoms with Crippen LogP contribution in [0.15, 0.2) is 18.3 Å². The van der Waals surface area contributed by atoms with Crippen molar-refractivity contribution in [2.75, 3.05) is 0 Å². The van der Waals surface area contributed by atoms with Crippen molar-refractivity contribution in [3.8, 4) is 0 Å². The number of rotatable bonds is 5. The largest absolute Gasteiger partial charge is 0.159 e. The highest BCUT2D eigenvalue weighted by atomic mass is 15.1. The summed E-state index contributed by atoms with van der Waals surface area (Å²) in [5.41, 5.74) is 1.12. The second-order valence-electron chi connectivity index (χ2n) is 4.21. The Bertz CT molecular complexity index is 244. The first-order valence-electron chi connectivity index (χ1n) is 5.50. The molecule has 1 heterocycles. The summed E-state index contributed by atoms with van der Waals surface area (Å²) in [7, 11) is 0. The molecule has 2 nitrogen and oxygen atoms in total. The predicted octanol–water partition coefficient (Wildman–Crippen LogP) is 3.09. The normalized spacial score (nSPS) is 13.1. The van der Waals surface area contributed by atoms with Crippen molar-refractivity contribution >= 4 is 0 Å². The van der Waals surface area contributed by atoms with Crippen LogP contribution < -0.4 is 0 Å². The maximum absolute atomic E-state index is 4.13. The predicted molar refractivity (Wildman–Crippen MR) is 59.0 cm³/mol. The summed E-state index contributed by atoms with van der Waals surface area (Å²) in [6.45, 7) is 6.82. The minimum absolute atomic E-state index is 0.733. The molecule has 14 heavy (non-hydrogen) atoms. The van der Waals surface area contributed by atoms with Gasteiger partial charge >= 0.3 is 0 Å². The Morgan fingerprint density at radius 2 is 2.14 bits per heavy atom. The highest BCUT2D eigenvalue weighted by molar-refractivity contribution is 5.00. The van der Waals surface area contributed by atoms with E-state index < -0.39 is 0 Å². The smallest absolute Gasteiger partial charge is 0.0633 e. The van der Waals surface area contributed by atoms with Crippen LogP contribution in [-0.2, 0) is 6.42 Å². The van der Waals surface area contributed by atoms with Crippen molar-refractivity contribution in [3.05, 3.63) is 24.0 Å². The molecule has 0 spiro atoms. The molecule has 0 amide bonds. The summed E-state index contributed by atoms with van der Waals surface area (Å²) in [6, 6.07) is 4.03. The summed E-state index contributed by atoms with van der Waals surface area (Å²) in [5.74, 6) is 1.48. The van der Waals surface area contributed by atoms with E-state index in [2.05, 4.69) is 37.0 Å².